The summed E-state index contributed by atoms with van der Waals surface area (Å²) in [6, 6.07) is 12.7. The van der Waals surface area contributed by atoms with Crippen molar-refractivity contribution in [1.82, 2.24) is 10.1 Å². The Hall–Kier alpha value is -1.85. The predicted molar refractivity (Wildman–Crippen MR) is 82.3 cm³/mol. The molecule has 0 amide bonds. The molecule has 4 nitrogen and oxygen atoms in total. The van der Waals surface area contributed by atoms with E-state index in [1.54, 1.807) is 24.3 Å². The molecule has 1 heterocycles. The fourth-order valence-corrected chi connectivity index (χ4v) is 2.39. The lowest BCUT2D eigenvalue weighted by molar-refractivity contribution is 0.432. The Morgan fingerprint density at radius 3 is 2.80 bits per heavy atom. The molecule has 2 N–H and O–H groups in total. The van der Waals surface area contributed by atoms with Crippen molar-refractivity contribution >= 4 is 33.2 Å². The molecule has 6 heteroatoms. The highest BCUT2D eigenvalue weighted by Gasteiger charge is 2.13. The van der Waals surface area contributed by atoms with E-state index in [0.29, 0.717) is 22.4 Å². The number of halogens is 2. The van der Waals surface area contributed by atoms with Crippen LogP contribution < -0.4 is 5.73 Å². The number of nitrogen functional groups attached to an aromatic ring is 1. The maximum atomic E-state index is 5.95. The van der Waals surface area contributed by atoms with Gasteiger partial charge in [0.15, 0.2) is 0 Å². The smallest absolute Gasteiger partial charge is 0.259 e. The quantitative estimate of drug-likeness (QED) is 0.696. The average Bonchev–Trinajstić information content (AvgIpc) is 2.91. The van der Waals surface area contributed by atoms with Gasteiger partial charge in [-0.2, -0.15) is 4.98 Å². The Balaban J connectivity index is 2.04. The molecule has 0 fully saturated rings. The molecule has 100 valence electrons. The van der Waals surface area contributed by atoms with Gasteiger partial charge in [-0.3, -0.25) is 0 Å². The summed E-state index contributed by atoms with van der Waals surface area (Å²) in [4.78, 5) is 4.37. The van der Waals surface area contributed by atoms with Crippen molar-refractivity contribution in [2.45, 2.75) is 0 Å². The first-order chi connectivity index (χ1) is 9.63. The van der Waals surface area contributed by atoms with E-state index in [2.05, 4.69) is 26.1 Å². The topological polar surface area (TPSA) is 64.9 Å². The molecule has 3 rings (SSSR count). The van der Waals surface area contributed by atoms with E-state index in [9.17, 15) is 0 Å². The summed E-state index contributed by atoms with van der Waals surface area (Å²) >= 11 is 9.39. The molecule has 0 saturated heterocycles. The summed E-state index contributed by atoms with van der Waals surface area (Å²) in [6.07, 6.45) is 0. The van der Waals surface area contributed by atoms with E-state index in [1.807, 2.05) is 18.2 Å². The fourth-order valence-electron chi connectivity index (χ4n) is 1.78. The van der Waals surface area contributed by atoms with Gasteiger partial charge in [0.05, 0.1) is 5.56 Å². The van der Waals surface area contributed by atoms with Crippen LogP contribution in [-0.4, -0.2) is 10.1 Å². The molecule has 20 heavy (non-hydrogen) atoms. The van der Waals surface area contributed by atoms with Crippen molar-refractivity contribution in [2.24, 2.45) is 0 Å². The summed E-state index contributed by atoms with van der Waals surface area (Å²) in [5.74, 6) is 0.885. The van der Waals surface area contributed by atoms with Gasteiger partial charge in [0.1, 0.15) is 0 Å². The number of rotatable bonds is 2. The Morgan fingerprint density at radius 1 is 1.15 bits per heavy atom. The summed E-state index contributed by atoms with van der Waals surface area (Å²) in [5, 5.41) is 4.59. The molecule has 0 aliphatic heterocycles. The van der Waals surface area contributed by atoms with Crippen LogP contribution >= 0.6 is 27.5 Å². The third kappa shape index (κ3) is 2.55. The van der Waals surface area contributed by atoms with Crippen molar-refractivity contribution in [2.75, 3.05) is 5.73 Å². The first-order valence-corrected chi connectivity index (χ1v) is 6.95. The van der Waals surface area contributed by atoms with Crippen LogP contribution in [0.2, 0.25) is 5.02 Å². The van der Waals surface area contributed by atoms with Crippen LogP contribution in [0.4, 0.5) is 5.69 Å². The van der Waals surface area contributed by atoms with Gasteiger partial charge in [0, 0.05) is 20.7 Å². The van der Waals surface area contributed by atoms with E-state index in [1.165, 1.54) is 0 Å². The second-order valence-electron chi connectivity index (χ2n) is 4.17. The minimum atomic E-state index is 0.402. The molecule has 0 bridgehead atoms. The number of hydrogen-bond donors (Lipinski definition) is 1. The molecule has 0 radical (unpaired) electrons. The van der Waals surface area contributed by atoms with E-state index in [4.69, 9.17) is 21.9 Å². The average molecular weight is 351 g/mol. The first kappa shape index (κ1) is 13.1. The first-order valence-electron chi connectivity index (χ1n) is 5.78. The highest BCUT2D eigenvalue weighted by Crippen LogP contribution is 2.30. The number of benzene rings is 2. The second kappa shape index (κ2) is 5.26. The summed E-state index contributed by atoms with van der Waals surface area (Å²) in [7, 11) is 0. The lowest BCUT2D eigenvalue weighted by atomic mass is 10.2. The lowest BCUT2D eigenvalue weighted by Gasteiger charge is -1.99. The Kier molecular flexibility index (Phi) is 3.46. The molecule has 2 aromatic carbocycles. The number of nitrogens with zero attached hydrogens (tertiary/aromatic N) is 2. The van der Waals surface area contributed by atoms with Gasteiger partial charge in [0.25, 0.3) is 5.89 Å². The minimum absolute atomic E-state index is 0.402. The van der Waals surface area contributed by atoms with Crippen LogP contribution in [0, 0.1) is 0 Å². The maximum Gasteiger partial charge on any atom is 0.259 e. The van der Waals surface area contributed by atoms with E-state index >= 15 is 0 Å². The fraction of sp³-hybridized carbons (Fsp3) is 0. The third-order valence-electron chi connectivity index (χ3n) is 2.73. The van der Waals surface area contributed by atoms with Crippen molar-refractivity contribution in [3.05, 3.63) is 52.0 Å². The predicted octanol–water partition coefficient (Wildman–Crippen LogP) is 4.40. The van der Waals surface area contributed by atoms with Gasteiger partial charge < -0.3 is 10.3 Å². The molecule has 0 saturated carbocycles. The van der Waals surface area contributed by atoms with Crippen LogP contribution in [-0.2, 0) is 0 Å². The zero-order valence-electron chi connectivity index (χ0n) is 10.2. The van der Waals surface area contributed by atoms with Gasteiger partial charge in [0.2, 0.25) is 5.82 Å². The molecule has 0 aliphatic carbocycles. The van der Waals surface area contributed by atoms with Crippen LogP contribution in [0.25, 0.3) is 22.8 Å². The maximum absolute atomic E-state index is 5.95. The van der Waals surface area contributed by atoms with E-state index in [0.717, 1.165) is 15.6 Å². The summed E-state index contributed by atoms with van der Waals surface area (Å²) in [5.41, 5.74) is 7.96. The monoisotopic (exact) mass is 349 g/mol. The molecular weight excluding hydrogens is 342 g/mol. The number of anilines is 1. The standard InChI is InChI=1S/C14H9BrClN3O/c15-12-5-4-10(17)7-11(12)14-18-13(19-20-14)8-2-1-3-9(16)6-8/h1-7H,17H2. The number of aromatic nitrogens is 2. The normalized spacial score (nSPS) is 10.7. The van der Waals surface area contributed by atoms with Gasteiger partial charge in [-0.05, 0) is 46.3 Å². The van der Waals surface area contributed by atoms with Crippen LogP contribution in [0.1, 0.15) is 0 Å². The van der Waals surface area contributed by atoms with Crippen LogP contribution in [0.15, 0.2) is 51.5 Å². The van der Waals surface area contributed by atoms with Gasteiger partial charge >= 0.3 is 0 Å². The number of nitrogens with two attached hydrogens (primary N) is 1. The SMILES string of the molecule is Nc1ccc(Br)c(-c2nc(-c3cccc(Cl)c3)no2)c1. The summed E-state index contributed by atoms with van der Waals surface area (Å²) in [6.45, 7) is 0. The molecule has 0 aliphatic rings. The molecule has 3 aromatic rings. The molecule has 0 spiro atoms. The van der Waals surface area contributed by atoms with Crippen molar-refractivity contribution < 1.29 is 4.52 Å². The lowest BCUT2D eigenvalue weighted by Crippen LogP contribution is -1.87. The van der Waals surface area contributed by atoms with Crippen molar-refractivity contribution in [3.63, 3.8) is 0 Å². The molecule has 0 atom stereocenters. The highest BCUT2D eigenvalue weighted by atomic mass is 79.9. The molecular formula is C14H9BrClN3O. The Morgan fingerprint density at radius 2 is 2.00 bits per heavy atom. The van der Waals surface area contributed by atoms with Crippen molar-refractivity contribution in [1.29, 1.82) is 0 Å². The van der Waals surface area contributed by atoms with Crippen LogP contribution in [0.3, 0.4) is 0 Å². The van der Waals surface area contributed by atoms with Gasteiger partial charge in [-0.25, -0.2) is 0 Å². The second-order valence-corrected chi connectivity index (χ2v) is 5.46. The van der Waals surface area contributed by atoms with E-state index in [-0.39, 0.29) is 0 Å². The van der Waals surface area contributed by atoms with E-state index < -0.39 is 0 Å². The molecule has 0 unspecified atom stereocenters. The zero-order valence-corrected chi connectivity index (χ0v) is 12.5. The van der Waals surface area contributed by atoms with Crippen molar-refractivity contribution in [3.8, 4) is 22.8 Å². The Bertz CT molecular complexity index is 773. The third-order valence-corrected chi connectivity index (χ3v) is 3.66. The zero-order chi connectivity index (χ0) is 14.1. The van der Waals surface area contributed by atoms with Gasteiger partial charge in [-0.15, -0.1) is 0 Å². The minimum Gasteiger partial charge on any atom is -0.399 e. The molecule has 1 aromatic heterocycles. The van der Waals surface area contributed by atoms with Gasteiger partial charge in [-0.1, -0.05) is 28.9 Å². The Labute approximate surface area is 128 Å². The summed E-state index contributed by atoms with van der Waals surface area (Å²) < 4.78 is 6.13. The highest BCUT2D eigenvalue weighted by molar-refractivity contribution is 9.10. The largest absolute Gasteiger partial charge is 0.399 e. The van der Waals surface area contributed by atoms with Crippen LogP contribution in [0.5, 0.6) is 0 Å². The number of hydrogen-bond acceptors (Lipinski definition) is 4.